The Morgan fingerprint density at radius 3 is 2.68 bits per heavy atom. The van der Waals surface area contributed by atoms with Crippen LogP contribution in [0.2, 0.25) is 0 Å². The lowest BCUT2D eigenvalue weighted by atomic mass is 9.82. The second kappa shape index (κ2) is 4.11. The Labute approximate surface area is 117 Å². The molecule has 0 amide bonds. The molecule has 1 aliphatic heterocycles. The standard InChI is InChI=1S/C16H15ClO2/c17-14(9-4-2-1-3-5-9)13-12-10-6-7-11(8-10)15(12)19-16(13)18/h1-5,10-12,15H,6-8H2/b14-13+/t10-,11+,12-,15-/m1/s1. The number of benzene rings is 1. The quantitative estimate of drug-likeness (QED) is 0.578. The number of esters is 1. The zero-order chi connectivity index (χ0) is 13.0. The van der Waals surface area contributed by atoms with E-state index in [-0.39, 0.29) is 18.0 Å². The monoisotopic (exact) mass is 274 g/mol. The maximum atomic E-state index is 12.2. The van der Waals surface area contributed by atoms with Gasteiger partial charge in [0.2, 0.25) is 0 Å². The Morgan fingerprint density at radius 1 is 1.16 bits per heavy atom. The van der Waals surface area contributed by atoms with Crippen LogP contribution < -0.4 is 0 Å². The molecule has 1 heterocycles. The number of carbonyl (C=O) groups is 1. The Kier molecular flexibility index (Phi) is 2.49. The average Bonchev–Trinajstić information content (AvgIpc) is 3.10. The predicted molar refractivity (Wildman–Crippen MR) is 73.4 cm³/mol. The first-order valence-corrected chi connectivity index (χ1v) is 7.29. The van der Waals surface area contributed by atoms with Crippen molar-refractivity contribution in [2.45, 2.75) is 25.4 Å². The number of hydrogen-bond donors (Lipinski definition) is 0. The molecule has 3 fully saturated rings. The third-order valence-electron chi connectivity index (χ3n) is 4.90. The molecular weight excluding hydrogens is 260 g/mol. The molecule has 2 nitrogen and oxygen atoms in total. The van der Waals surface area contributed by atoms with Crippen LogP contribution in [0.4, 0.5) is 0 Å². The van der Waals surface area contributed by atoms with E-state index < -0.39 is 0 Å². The number of carbonyl (C=O) groups excluding carboxylic acids is 1. The first-order valence-electron chi connectivity index (χ1n) is 6.92. The molecule has 1 aromatic rings. The van der Waals surface area contributed by atoms with Gasteiger partial charge in [-0.15, -0.1) is 0 Å². The fourth-order valence-electron chi connectivity index (χ4n) is 4.11. The highest BCUT2D eigenvalue weighted by molar-refractivity contribution is 6.51. The lowest BCUT2D eigenvalue weighted by molar-refractivity contribution is -0.140. The summed E-state index contributed by atoms with van der Waals surface area (Å²) < 4.78 is 5.59. The van der Waals surface area contributed by atoms with Crippen LogP contribution in [0.5, 0.6) is 0 Å². The third-order valence-corrected chi connectivity index (χ3v) is 5.32. The topological polar surface area (TPSA) is 26.3 Å². The van der Waals surface area contributed by atoms with E-state index in [1.165, 1.54) is 19.3 Å². The second-order valence-electron chi connectivity index (χ2n) is 5.82. The van der Waals surface area contributed by atoms with Gasteiger partial charge in [0.25, 0.3) is 0 Å². The zero-order valence-corrected chi connectivity index (χ0v) is 11.3. The van der Waals surface area contributed by atoms with Crippen molar-refractivity contribution in [3.63, 3.8) is 0 Å². The molecule has 2 bridgehead atoms. The van der Waals surface area contributed by atoms with E-state index >= 15 is 0 Å². The van der Waals surface area contributed by atoms with Gasteiger partial charge in [0.1, 0.15) is 6.10 Å². The number of halogens is 1. The summed E-state index contributed by atoms with van der Waals surface area (Å²) in [6.45, 7) is 0. The van der Waals surface area contributed by atoms with E-state index in [9.17, 15) is 4.79 Å². The molecule has 0 unspecified atom stereocenters. The lowest BCUT2D eigenvalue weighted by Crippen LogP contribution is -2.24. The number of hydrogen-bond acceptors (Lipinski definition) is 2. The molecule has 3 aliphatic rings. The van der Waals surface area contributed by atoms with E-state index in [1.807, 2.05) is 30.3 Å². The third kappa shape index (κ3) is 1.59. The maximum Gasteiger partial charge on any atom is 0.336 e. The smallest absolute Gasteiger partial charge is 0.336 e. The van der Waals surface area contributed by atoms with Crippen LogP contribution in [0.15, 0.2) is 35.9 Å². The van der Waals surface area contributed by atoms with Crippen molar-refractivity contribution in [2.75, 3.05) is 0 Å². The number of fused-ring (bicyclic) bond motifs is 5. The average molecular weight is 275 g/mol. The summed E-state index contributed by atoms with van der Waals surface area (Å²) in [7, 11) is 0. The first-order chi connectivity index (χ1) is 9.25. The van der Waals surface area contributed by atoms with Gasteiger partial charge in [-0.2, -0.15) is 0 Å². The Bertz CT molecular complexity index is 563. The Balaban J connectivity index is 1.80. The van der Waals surface area contributed by atoms with Crippen LogP contribution >= 0.6 is 11.6 Å². The molecule has 2 aliphatic carbocycles. The van der Waals surface area contributed by atoms with E-state index in [2.05, 4.69) is 0 Å². The van der Waals surface area contributed by atoms with Gasteiger partial charge in [-0.1, -0.05) is 41.9 Å². The van der Waals surface area contributed by atoms with Crippen molar-refractivity contribution in [3.8, 4) is 0 Å². The Hall–Kier alpha value is -1.28. The van der Waals surface area contributed by atoms with Crippen molar-refractivity contribution in [3.05, 3.63) is 41.5 Å². The van der Waals surface area contributed by atoms with Gasteiger partial charge in [0, 0.05) is 5.92 Å². The second-order valence-corrected chi connectivity index (χ2v) is 6.20. The van der Waals surface area contributed by atoms with E-state index in [0.29, 0.717) is 16.9 Å². The van der Waals surface area contributed by atoms with E-state index in [0.717, 1.165) is 11.1 Å². The van der Waals surface area contributed by atoms with Crippen molar-refractivity contribution in [1.82, 2.24) is 0 Å². The number of rotatable bonds is 1. The van der Waals surface area contributed by atoms with Gasteiger partial charge < -0.3 is 4.74 Å². The molecule has 0 aromatic heterocycles. The summed E-state index contributed by atoms with van der Waals surface area (Å²) in [5.74, 6) is 1.20. The van der Waals surface area contributed by atoms with Gasteiger partial charge in [-0.05, 0) is 36.7 Å². The summed E-state index contributed by atoms with van der Waals surface area (Å²) in [6, 6.07) is 9.73. The van der Waals surface area contributed by atoms with Crippen LogP contribution in [-0.2, 0) is 9.53 Å². The summed E-state index contributed by atoms with van der Waals surface area (Å²) >= 11 is 6.49. The van der Waals surface area contributed by atoms with Crippen molar-refractivity contribution in [1.29, 1.82) is 0 Å². The van der Waals surface area contributed by atoms with Gasteiger partial charge >= 0.3 is 5.97 Å². The minimum atomic E-state index is -0.194. The van der Waals surface area contributed by atoms with E-state index in [1.54, 1.807) is 0 Å². The highest BCUT2D eigenvalue weighted by Crippen LogP contribution is 2.57. The molecule has 1 aromatic carbocycles. The highest BCUT2D eigenvalue weighted by Gasteiger charge is 2.57. The summed E-state index contributed by atoms with van der Waals surface area (Å²) in [4.78, 5) is 12.2. The predicted octanol–water partition coefficient (Wildman–Crippen LogP) is 3.61. The molecule has 19 heavy (non-hydrogen) atoms. The summed E-state index contributed by atoms with van der Waals surface area (Å²) in [5, 5.41) is 0.589. The fraction of sp³-hybridized carbons (Fsp3) is 0.438. The van der Waals surface area contributed by atoms with Gasteiger partial charge in [0.05, 0.1) is 10.6 Å². The minimum Gasteiger partial charge on any atom is -0.458 e. The normalized spacial score (nSPS) is 38.3. The highest BCUT2D eigenvalue weighted by atomic mass is 35.5. The molecule has 4 rings (SSSR count). The molecular formula is C16H15ClO2. The first kappa shape index (κ1) is 11.5. The minimum absolute atomic E-state index is 0.0960. The van der Waals surface area contributed by atoms with Crippen molar-refractivity contribution >= 4 is 22.6 Å². The molecule has 0 spiro atoms. The molecule has 0 radical (unpaired) electrons. The molecule has 2 saturated carbocycles. The van der Waals surface area contributed by atoms with Crippen molar-refractivity contribution in [2.24, 2.45) is 17.8 Å². The van der Waals surface area contributed by atoms with Crippen molar-refractivity contribution < 1.29 is 9.53 Å². The van der Waals surface area contributed by atoms with Crippen LogP contribution in [-0.4, -0.2) is 12.1 Å². The van der Waals surface area contributed by atoms with Gasteiger partial charge in [0.15, 0.2) is 0 Å². The SMILES string of the molecule is O=C1O[C@@H]2[C@H]3CC[C@H](C3)[C@@H]2/C1=C(\Cl)c1ccccc1. The largest absolute Gasteiger partial charge is 0.458 e. The van der Waals surface area contributed by atoms with Crippen LogP contribution in [0, 0.1) is 17.8 Å². The number of ether oxygens (including phenoxy) is 1. The summed E-state index contributed by atoms with van der Waals surface area (Å²) in [6.07, 6.45) is 3.71. The molecule has 98 valence electrons. The Morgan fingerprint density at radius 2 is 1.89 bits per heavy atom. The lowest BCUT2D eigenvalue weighted by Gasteiger charge is -2.22. The van der Waals surface area contributed by atoms with Crippen LogP contribution in [0.1, 0.15) is 24.8 Å². The zero-order valence-electron chi connectivity index (χ0n) is 10.5. The van der Waals surface area contributed by atoms with Crippen LogP contribution in [0.3, 0.4) is 0 Å². The maximum absolute atomic E-state index is 12.2. The molecule has 3 heteroatoms. The van der Waals surface area contributed by atoms with Gasteiger partial charge in [-0.3, -0.25) is 0 Å². The summed E-state index contributed by atoms with van der Waals surface area (Å²) in [5.41, 5.74) is 1.64. The molecule has 0 N–H and O–H groups in total. The molecule has 1 saturated heterocycles. The fourth-order valence-corrected chi connectivity index (χ4v) is 4.44. The van der Waals surface area contributed by atoms with Crippen LogP contribution in [0.25, 0.3) is 5.03 Å². The van der Waals surface area contributed by atoms with Gasteiger partial charge in [-0.25, -0.2) is 4.79 Å². The van der Waals surface area contributed by atoms with E-state index in [4.69, 9.17) is 16.3 Å². The molecule has 4 atom stereocenters.